The average molecular weight is 292 g/mol. The summed E-state index contributed by atoms with van der Waals surface area (Å²) in [5.74, 6) is 0.226. The van der Waals surface area contributed by atoms with Crippen LogP contribution in [-0.4, -0.2) is 28.6 Å². The summed E-state index contributed by atoms with van der Waals surface area (Å²) < 4.78 is 20.7. The van der Waals surface area contributed by atoms with Crippen molar-refractivity contribution >= 4 is 0 Å². The molecule has 2 aromatic rings. The van der Waals surface area contributed by atoms with Gasteiger partial charge in [0.05, 0.1) is 18.8 Å². The molecule has 0 spiro atoms. The van der Waals surface area contributed by atoms with E-state index in [-0.39, 0.29) is 11.9 Å². The summed E-state index contributed by atoms with van der Waals surface area (Å²) in [4.78, 5) is 0. The Labute approximate surface area is 124 Å². The van der Waals surface area contributed by atoms with Crippen LogP contribution in [0.15, 0.2) is 18.2 Å². The van der Waals surface area contributed by atoms with Gasteiger partial charge in [0.2, 0.25) is 0 Å². The molecule has 1 unspecified atom stereocenters. The molecule has 0 saturated carbocycles. The fraction of sp³-hybridized carbons (Fsp3) is 0.467. The van der Waals surface area contributed by atoms with Gasteiger partial charge in [-0.2, -0.15) is 0 Å². The SMILES string of the molecule is CCCNC(C)c1nnn(-c2cc(OC)ccc2F)c1C. The highest BCUT2D eigenvalue weighted by Gasteiger charge is 2.18. The van der Waals surface area contributed by atoms with Crippen LogP contribution in [0.3, 0.4) is 0 Å². The molecule has 0 aliphatic heterocycles. The van der Waals surface area contributed by atoms with E-state index in [9.17, 15) is 4.39 Å². The molecule has 0 bridgehead atoms. The average Bonchev–Trinajstić information content (AvgIpc) is 2.87. The van der Waals surface area contributed by atoms with Crippen LogP contribution in [0.25, 0.3) is 5.69 Å². The van der Waals surface area contributed by atoms with Crippen LogP contribution >= 0.6 is 0 Å². The second-order valence-corrected chi connectivity index (χ2v) is 4.97. The number of ether oxygens (including phenoxy) is 1. The topological polar surface area (TPSA) is 52.0 Å². The Hall–Kier alpha value is -1.95. The maximum absolute atomic E-state index is 14.0. The van der Waals surface area contributed by atoms with E-state index in [0.717, 1.165) is 24.4 Å². The van der Waals surface area contributed by atoms with Crippen LogP contribution in [-0.2, 0) is 0 Å². The van der Waals surface area contributed by atoms with Gasteiger partial charge in [-0.25, -0.2) is 9.07 Å². The molecule has 0 amide bonds. The summed E-state index contributed by atoms with van der Waals surface area (Å²) in [7, 11) is 1.55. The van der Waals surface area contributed by atoms with E-state index in [1.807, 2.05) is 13.8 Å². The smallest absolute Gasteiger partial charge is 0.149 e. The Morgan fingerprint density at radius 2 is 2.19 bits per heavy atom. The second kappa shape index (κ2) is 6.67. The Morgan fingerprint density at radius 3 is 2.86 bits per heavy atom. The van der Waals surface area contributed by atoms with Crippen LogP contribution in [0.2, 0.25) is 0 Å². The van der Waals surface area contributed by atoms with Gasteiger partial charge >= 0.3 is 0 Å². The lowest BCUT2D eigenvalue weighted by atomic mass is 10.2. The summed E-state index contributed by atoms with van der Waals surface area (Å²) in [5, 5.41) is 11.6. The lowest BCUT2D eigenvalue weighted by Gasteiger charge is -2.12. The van der Waals surface area contributed by atoms with Crippen LogP contribution < -0.4 is 10.1 Å². The van der Waals surface area contributed by atoms with Gasteiger partial charge in [-0.1, -0.05) is 12.1 Å². The normalized spacial score (nSPS) is 12.4. The van der Waals surface area contributed by atoms with Crippen LogP contribution in [0.4, 0.5) is 4.39 Å². The molecule has 0 aliphatic rings. The summed E-state index contributed by atoms with van der Waals surface area (Å²) in [5.41, 5.74) is 1.98. The molecule has 0 radical (unpaired) electrons. The van der Waals surface area contributed by atoms with Crippen molar-refractivity contribution < 1.29 is 9.13 Å². The third-order valence-electron chi connectivity index (χ3n) is 3.42. The van der Waals surface area contributed by atoms with E-state index in [0.29, 0.717) is 11.4 Å². The van der Waals surface area contributed by atoms with E-state index in [1.54, 1.807) is 19.2 Å². The van der Waals surface area contributed by atoms with Crippen molar-refractivity contribution in [2.45, 2.75) is 33.2 Å². The Morgan fingerprint density at radius 1 is 1.43 bits per heavy atom. The molecule has 1 aromatic carbocycles. The number of hydrogen-bond acceptors (Lipinski definition) is 4. The lowest BCUT2D eigenvalue weighted by molar-refractivity contribution is 0.413. The number of aromatic nitrogens is 3. The molecule has 0 saturated heterocycles. The first-order chi connectivity index (χ1) is 10.1. The van der Waals surface area contributed by atoms with Crippen molar-refractivity contribution in [3.8, 4) is 11.4 Å². The van der Waals surface area contributed by atoms with Crippen LogP contribution in [0.5, 0.6) is 5.75 Å². The number of nitrogens with zero attached hydrogens (tertiary/aromatic N) is 3. The standard InChI is InChI=1S/C15H21FN4O/c1-5-8-17-10(2)15-11(3)20(19-18-15)14-9-12(21-4)6-7-13(14)16/h6-7,9-10,17H,5,8H2,1-4H3. The number of hydrogen-bond donors (Lipinski definition) is 1. The first kappa shape index (κ1) is 15.4. The summed E-state index contributed by atoms with van der Waals surface area (Å²) >= 11 is 0. The highest BCUT2D eigenvalue weighted by Crippen LogP contribution is 2.23. The highest BCUT2D eigenvalue weighted by molar-refractivity contribution is 5.41. The zero-order chi connectivity index (χ0) is 15.4. The molecule has 1 aromatic heterocycles. The van der Waals surface area contributed by atoms with E-state index in [2.05, 4.69) is 22.6 Å². The molecule has 6 heteroatoms. The van der Waals surface area contributed by atoms with Gasteiger partial charge in [0.1, 0.15) is 22.9 Å². The largest absolute Gasteiger partial charge is 0.497 e. The first-order valence-corrected chi connectivity index (χ1v) is 7.08. The predicted octanol–water partition coefficient (Wildman–Crippen LogP) is 2.78. The summed E-state index contributed by atoms with van der Waals surface area (Å²) in [6.07, 6.45) is 1.04. The monoisotopic (exact) mass is 292 g/mol. The molecule has 5 nitrogen and oxygen atoms in total. The second-order valence-electron chi connectivity index (χ2n) is 4.97. The number of methoxy groups -OCH3 is 1. The van der Waals surface area contributed by atoms with Gasteiger partial charge < -0.3 is 10.1 Å². The number of nitrogens with one attached hydrogen (secondary N) is 1. The van der Waals surface area contributed by atoms with Gasteiger partial charge in [-0.15, -0.1) is 5.10 Å². The van der Waals surface area contributed by atoms with Crippen molar-refractivity contribution in [2.24, 2.45) is 0 Å². The minimum Gasteiger partial charge on any atom is -0.497 e. The molecular weight excluding hydrogens is 271 g/mol. The highest BCUT2D eigenvalue weighted by atomic mass is 19.1. The Balaban J connectivity index is 2.36. The lowest BCUT2D eigenvalue weighted by Crippen LogP contribution is -2.20. The van der Waals surface area contributed by atoms with Gasteiger partial charge in [-0.05, 0) is 38.9 Å². The van der Waals surface area contributed by atoms with E-state index in [4.69, 9.17) is 4.74 Å². The third-order valence-corrected chi connectivity index (χ3v) is 3.42. The van der Waals surface area contributed by atoms with Gasteiger partial charge in [0.15, 0.2) is 0 Å². The Bertz CT molecular complexity index is 612. The van der Waals surface area contributed by atoms with Crippen molar-refractivity contribution in [3.63, 3.8) is 0 Å². The van der Waals surface area contributed by atoms with Gasteiger partial charge in [0, 0.05) is 6.07 Å². The molecule has 1 N–H and O–H groups in total. The van der Waals surface area contributed by atoms with Crippen LogP contribution in [0.1, 0.15) is 37.7 Å². The van der Waals surface area contributed by atoms with Gasteiger partial charge in [0.25, 0.3) is 0 Å². The molecule has 1 heterocycles. The molecule has 1 atom stereocenters. The maximum atomic E-state index is 14.0. The molecule has 21 heavy (non-hydrogen) atoms. The van der Waals surface area contributed by atoms with Gasteiger partial charge in [-0.3, -0.25) is 0 Å². The van der Waals surface area contributed by atoms with E-state index < -0.39 is 0 Å². The minimum atomic E-state index is -0.357. The molecule has 114 valence electrons. The summed E-state index contributed by atoms with van der Waals surface area (Å²) in [6.45, 7) is 6.92. The van der Waals surface area contributed by atoms with Crippen molar-refractivity contribution in [1.29, 1.82) is 0 Å². The Kier molecular flexibility index (Phi) is 4.90. The third kappa shape index (κ3) is 3.21. The van der Waals surface area contributed by atoms with Crippen molar-refractivity contribution in [1.82, 2.24) is 20.3 Å². The first-order valence-electron chi connectivity index (χ1n) is 7.08. The zero-order valence-electron chi connectivity index (χ0n) is 12.9. The molecule has 2 rings (SSSR count). The minimum absolute atomic E-state index is 0.0763. The maximum Gasteiger partial charge on any atom is 0.149 e. The predicted molar refractivity (Wildman–Crippen MR) is 79.3 cm³/mol. The number of rotatable bonds is 6. The molecule has 0 fully saturated rings. The summed E-state index contributed by atoms with van der Waals surface area (Å²) in [6, 6.07) is 4.64. The fourth-order valence-electron chi connectivity index (χ4n) is 2.21. The molecular formula is C15H21FN4O. The quantitative estimate of drug-likeness (QED) is 0.889. The van der Waals surface area contributed by atoms with E-state index in [1.165, 1.54) is 10.7 Å². The van der Waals surface area contributed by atoms with Crippen molar-refractivity contribution in [2.75, 3.05) is 13.7 Å². The molecule has 0 aliphatic carbocycles. The number of benzene rings is 1. The van der Waals surface area contributed by atoms with Crippen LogP contribution in [0, 0.1) is 12.7 Å². The van der Waals surface area contributed by atoms with Crippen molar-refractivity contribution in [3.05, 3.63) is 35.4 Å². The fourth-order valence-corrected chi connectivity index (χ4v) is 2.21. The van der Waals surface area contributed by atoms with E-state index >= 15 is 0 Å². The zero-order valence-corrected chi connectivity index (χ0v) is 12.9. The number of halogens is 1.